The fourth-order valence-electron chi connectivity index (χ4n) is 2.45. The summed E-state index contributed by atoms with van der Waals surface area (Å²) < 4.78 is 0. The van der Waals surface area contributed by atoms with E-state index in [1.807, 2.05) is 37.3 Å². The SMILES string of the molecule is CC(=N[C@H](C)c1ccccc1)C1C(=O)N(C)C(=O)N(C)C1=O. The Morgan fingerprint density at radius 2 is 1.55 bits per heavy atom. The van der Waals surface area contributed by atoms with Crippen LogP contribution in [0.25, 0.3) is 0 Å². The lowest BCUT2D eigenvalue weighted by atomic mass is 9.98. The highest BCUT2D eigenvalue weighted by Crippen LogP contribution is 2.21. The van der Waals surface area contributed by atoms with Crippen molar-refractivity contribution in [1.29, 1.82) is 0 Å². The summed E-state index contributed by atoms with van der Waals surface area (Å²) in [6.45, 7) is 3.55. The Bertz CT molecular complexity index is 615. The van der Waals surface area contributed by atoms with E-state index in [0.29, 0.717) is 5.71 Å². The average Bonchev–Trinajstić information content (AvgIpc) is 2.52. The van der Waals surface area contributed by atoms with E-state index in [0.717, 1.165) is 15.4 Å². The minimum atomic E-state index is -1.03. The Morgan fingerprint density at radius 1 is 1.05 bits per heavy atom. The first-order valence-electron chi connectivity index (χ1n) is 7.03. The van der Waals surface area contributed by atoms with Gasteiger partial charge < -0.3 is 0 Å². The Morgan fingerprint density at radius 3 is 2.05 bits per heavy atom. The molecule has 1 fully saturated rings. The molecule has 0 aromatic heterocycles. The third-order valence-electron chi connectivity index (χ3n) is 3.83. The lowest BCUT2D eigenvalue weighted by Gasteiger charge is -2.33. The van der Waals surface area contributed by atoms with Crippen molar-refractivity contribution >= 4 is 23.6 Å². The van der Waals surface area contributed by atoms with Crippen LogP contribution in [0.5, 0.6) is 0 Å². The van der Waals surface area contributed by atoms with Crippen molar-refractivity contribution in [2.24, 2.45) is 10.9 Å². The van der Waals surface area contributed by atoms with Crippen LogP contribution in [0.1, 0.15) is 25.5 Å². The second-order valence-corrected chi connectivity index (χ2v) is 5.37. The number of hydrogen-bond donors (Lipinski definition) is 0. The van der Waals surface area contributed by atoms with E-state index in [-0.39, 0.29) is 6.04 Å². The molecule has 0 N–H and O–H groups in total. The molecule has 0 spiro atoms. The Kier molecular flexibility index (Phi) is 4.40. The van der Waals surface area contributed by atoms with Crippen LogP contribution in [0.15, 0.2) is 35.3 Å². The lowest BCUT2D eigenvalue weighted by molar-refractivity contribution is -0.144. The number of urea groups is 1. The van der Waals surface area contributed by atoms with Gasteiger partial charge >= 0.3 is 6.03 Å². The van der Waals surface area contributed by atoms with E-state index in [9.17, 15) is 14.4 Å². The molecule has 4 amide bonds. The van der Waals surface area contributed by atoms with Gasteiger partial charge in [-0.1, -0.05) is 30.3 Å². The number of benzene rings is 1. The summed E-state index contributed by atoms with van der Waals surface area (Å²) in [4.78, 5) is 42.6. The van der Waals surface area contributed by atoms with Crippen molar-refractivity contribution in [2.45, 2.75) is 19.9 Å². The van der Waals surface area contributed by atoms with E-state index in [4.69, 9.17) is 0 Å². The van der Waals surface area contributed by atoms with Gasteiger partial charge in [0.15, 0.2) is 5.92 Å². The predicted octanol–water partition coefficient (Wildman–Crippen LogP) is 1.88. The van der Waals surface area contributed by atoms with Crippen LogP contribution in [0.4, 0.5) is 4.79 Å². The van der Waals surface area contributed by atoms with Crippen molar-refractivity contribution in [2.75, 3.05) is 14.1 Å². The minimum Gasteiger partial charge on any atom is -0.285 e. The van der Waals surface area contributed by atoms with E-state index in [1.165, 1.54) is 14.1 Å². The molecule has 1 saturated heterocycles. The van der Waals surface area contributed by atoms with Gasteiger partial charge in [0.25, 0.3) is 0 Å². The number of rotatable bonds is 3. The Hall–Kier alpha value is -2.50. The highest BCUT2D eigenvalue weighted by atomic mass is 16.2. The molecular weight excluding hydrogens is 282 g/mol. The molecule has 0 bridgehead atoms. The monoisotopic (exact) mass is 301 g/mol. The molecule has 1 aliphatic rings. The molecule has 1 atom stereocenters. The van der Waals surface area contributed by atoms with Crippen LogP contribution in [0.3, 0.4) is 0 Å². The van der Waals surface area contributed by atoms with Gasteiger partial charge in [0.1, 0.15) is 0 Å². The summed E-state index contributed by atoms with van der Waals surface area (Å²) in [6, 6.07) is 8.82. The standard InChI is InChI=1S/C16H19N3O3/c1-10(12-8-6-5-7-9-12)17-11(2)13-14(20)18(3)16(22)19(4)15(13)21/h5-10,13H,1-4H3/t10-/m1/s1. The minimum absolute atomic E-state index is 0.171. The molecule has 6 heteroatoms. The summed E-state index contributed by atoms with van der Waals surface area (Å²) in [5.74, 6) is -2.09. The van der Waals surface area contributed by atoms with Crippen LogP contribution >= 0.6 is 0 Å². The number of imide groups is 2. The maximum Gasteiger partial charge on any atom is 0.332 e. The summed E-state index contributed by atoms with van der Waals surface area (Å²) in [7, 11) is 2.74. The number of hydrogen-bond acceptors (Lipinski definition) is 4. The predicted molar refractivity (Wildman–Crippen MR) is 82.4 cm³/mol. The zero-order valence-corrected chi connectivity index (χ0v) is 13.1. The molecule has 0 radical (unpaired) electrons. The molecule has 1 aliphatic heterocycles. The van der Waals surface area contributed by atoms with Crippen LogP contribution in [0.2, 0.25) is 0 Å². The zero-order valence-electron chi connectivity index (χ0n) is 13.1. The van der Waals surface area contributed by atoms with Crippen LogP contribution in [-0.2, 0) is 9.59 Å². The topological polar surface area (TPSA) is 70.1 Å². The molecule has 1 aromatic rings. The summed E-state index contributed by atoms with van der Waals surface area (Å²) >= 11 is 0. The number of carbonyl (C=O) groups is 3. The van der Waals surface area contributed by atoms with Crippen molar-refractivity contribution in [3.63, 3.8) is 0 Å². The summed E-state index contributed by atoms with van der Waals surface area (Å²) in [5.41, 5.74) is 1.41. The van der Waals surface area contributed by atoms with E-state index in [1.54, 1.807) is 6.92 Å². The normalized spacial score (nSPS) is 18.9. The van der Waals surface area contributed by atoms with Crippen molar-refractivity contribution in [3.8, 4) is 0 Å². The smallest absolute Gasteiger partial charge is 0.285 e. The third kappa shape index (κ3) is 2.77. The maximum atomic E-state index is 12.2. The number of barbiturate groups is 1. The summed E-state index contributed by atoms with van der Waals surface area (Å²) in [6.07, 6.45) is 0. The van der Waals surface area contributed by atoms with Gasteiger partial charge in [0.2, 0.25) is 11.8 Å². The molecule has 2 rings (SSSR count). The molecular formula is C16H19N3O3. The lowest BCUT2D eigenvalue weighted by Crippen LogP contribution is -2.58. The van der Waals surface area contributed by atoms with Gasteiger partial charge in [-0.25, -0.2) is 4.79 Å². The highest BCUT2D eigenvalue weighted by Gasteiger charge is 2.44. The Balaban J connectivity index is 2.29. The molecule has 1 heterocycles. The molecule has 116 valence electrons. The molecule has 0 saturated carbocycles. The number of amides is 4. The fourth-order valence-corrected chi connectivity index (χ4v) is 2.45. The van der Waals surface area contributed by atoms with Crippen LogP contribution in [0, 0.1) is 5.92 Å². The quantitative estimate of drug-likeness (QED) is 0.632. The first-order valence-corrected chi connectivity index (χ1v) is 7.03. The number of carbonyl (C=O) groups excluding carboxylic acids is 3. The van der Waals surface area contributed by atoms with Gasteiger partial charge in [-0.3, -0.25) is 24.4 Å². The summed E-state index contributed by atoms with van der Waals surface area (Å²) in [5, 5.41) is 0. The van der Waals surface area contributed by atoms with Gasteiger partial charge in [0, 0.05) is 19.8 Å². The molecule has 0 aliphatic carbocycles. The first kappa shape index (κ1) is 15.9. The van der Waals surface area contributed by atoms with Gasteiger partial charge in [-0.05, 0) is 19.4 Å². The average molecular weight is 301 g/mol. The first-order chi connectivity index (χ1) is 10.3. The van der Waals surface area contributed by atoms with E-state index >= 15 is 0 Å². The second-order valence-electron chi connectivity index (χ2n) is 5.37. The third-order valence-corrected chi connectivity index (χ3v) is 3.83. The zero-order chi connectivity index (χ0) is 16.4. The number of nitrogens with zero attached hydrogens (tertiary/aromatic N) is 3. The van der Waals surface area contributed by atoms with Gasteiger partial charge in [-0.2, -0.15) is 0 Å². The second kappa shape index (κ2) is 6.09. The molecule has 6 nitrogen and oxygen atoms in total. The molecule has 0 unspecified atom stereocenters. The molecule has 22 heavy (non-hydrogen) atoms. The van der Waals surface area contributed by atoms with Crippen molar-refractivity contribution in [3.05, 3.63) is 35.9 Å². The van der Waals surface area contributed by atoms with E-state index in [2.05, 4.69) is 4.99 Å². The van der Waals surface area contributed by atoms with Gasteiger partial charge in [-0.15, -0.1) is 0 Å². The van der Waals surface area contributed by atoms with Crippen molar-refractivity contribution < 1.29 is 14.4 Å². The molecule has 1 aromatic carbocycles. The fraction of sp³-hybridized carbons (Fsp3) is 0.375. The highest BCUT2D eigenvalue weighted by molar-refractivity contribution is 6.26. The van der Waals surface area contributed by atoms with Crippen LogP contribution in [-0.4, -0.2) is 47.5 Å². The largest absolute Gasteiger partial charge is 0.332 e. The Labute approximate surface area is 129 Å². The van der Waals surface area contributed by atoms with Crippen LogP contribution < -0.4 is 0 Å². The maximum absolute atomic E-state index is 12.2. The van der Waals surface area contributed by atoms with E-state index < -0.39 is 23.8 Å². The van der Waals surface area contributed by atoms with Crippen molar-refractivity contribution in [1.82, 2.24) is 9.80 Å². The van der Waals surface area contributed by atoms with Gasteiger partial charge in [0.05, 0.1) is 6.04 Å². The number of aliphatic imine (C=N–C) groups is 1.